The van der Waals surface area contributed by atoms with Crippen molar-refractivity contribution in [2.45, 2.75) is 25.4 Å². The molecule has 2 fully saturated rings. The molecular weight excluding hydrogens is 326 g/mol. The lowest BCUT2D eigenvalue weighted by molar-refractivity contribution is 0.306. The first-order chi connectivity index (χ1) is 12.8. The van der Waals surface area contributed by atoms with Crippen LogP contribution in [0.2, 0.25) is 0 Å². The summed E-state index contributed by atoms with van der Waals surface area (Å²) in [6.45, 7) is 2.73. The van der Waals surface area contributed by atoms with Gasteiger partial charge in [0.25, 0.3) is 0 Å². The second-order valence-electron chi connectivity index (χ2n) is 7.30. The normalized spacial score (nSPS) is 24.1. The summed E-state index contributed by atoms with van der Waals surface area (Å²) in [6, 6.07) is 18.0. The summed E-state index contributed by atoms with van der Waals surface area (Å²) >= 11 is 0. The van der Waals surface area contributed by atoms with Crippen LogP contribution in [0.25, 0.3) is 11.4 Å². The topological polar surface area (TPSA) is 60.2 Å². The van der Waals surface area contributed by atoms with Gasteiger partial charge in [-0.3, -0.25) is 0 Å². The third-order valence-corrected chi connectivity index (χ3v) is 5.57. The lowest BCUT2D eigenvalue weighted by Gasteiger charge is -2.06. The van der Waals surface area contributed by atoms with E-state index in [-0.39, 0.29) is 0 Å². The van der Waals surface area contributed by atoms with E-state index in [1.165, 1.54) is 6.42 Å². The molecule has 2 unspecified atom stereocenters. The molecule has 3 aromatic rings. The number of nitrogens with zero attached hydrogens (tertiary/aromatic N) is 2. The maximum absolute atomic E-state index is 5.83. The molecule has 1 aromatic heterocycles. The van der Waals surface area contributed by atoms with Gasteiger partial charge in [0.15, 0.2) is 0 Å². The van der Waals surface area contributed by atoms with Crippen molar-refractivity contribution in [1.29, 1.82) is 0 Å². The van der Waals surface area contributed by atoms with Crippen LogP contribution in [0.3, 0.4) is 0 Å². The van der Waals surface area contributed by atoms with Crippen molar-refractivity contribution in [1.82, 2.24) is 15.5 Å². The molecule has 132 valence electrons. The largest absolute Gasteiger partial charge is 0.489 e. The maximum atomic E-state index is 5.83. The summed E-state index contributed by atoms with van der Waals surface area (Å²) < 4.78 is 11.4. The molecule has 0 radical (unpaired) electrons. The number of benzene rings is 2. The molecule has 0 bridgehead atoms. The number of hydrogen-bond acceptors (Lipinski definition) is 5. The van der Waals surface area contributed by atoms with Crippen LogP contribution >= 0.6 is 0 Å². The van der Waals surface area contributed by atoms with Crippen molar-refractivity contribution in [2.24, 2.45) is 5.41 Å². The Bertz CT molecular complexity index is 883. The number of ether oxygens (including phenoxy) is 1. The van der Waals surface area contributed by atoms with E-state index in [2.05, 4.69) is 27.6 Å². The van der Waals surface area contributed by atoms with Crippen molar-refractivity contribution < 1.29 is 9.26 Å². The molecule has 5 nitrogen and oxygen atoms in total. The van der Waals surface area contributed by atoms with Gasteiger partial charge in [-0.15, -0.1) is 0 Å². The molecule has 2 aliphatic rings. The standard InChI is InChI=1S/C21H21N3O2/c1-2-4-15(5-3-1)13-25-17-8-6-16(7-9-17)19-23-20(26-24-19)18-12-21(18)10-11-22-14-21/h1-9,18,22H,10-14H2. The second kappa shape index (κ2) is 6.25. The Hall–Kier alpha value is -2.66. The van der Waals surface area contributed by atoms with E-state index in [0.29, 0.717) is 23.8 Å². The monoisotopic (exact) mass is 347 g/mol. The van der Waals surface area contributed by atoms with Crippen molar-refractivity contribution in [3.8, 4) is 17.1 Å². The number of hydrogen-bond donors (Lipinski definition) is 1. The predicted octanol–water partition coefficient (Wildman–Crippen LogP) is 3.78. The van der Waals surface area contributed by atoms with E-state index in [9.17, 15) is 0 Å². The molecular formula is C21H21N3O2. The first-order valence-corrected chi connectivity index (χ1v) is 9.14. The highest BCUT2D eigenvalue weighted by molar-refractivity contribution is 5.55. The van der Waals surface area contributed by atoms with Gasteiger partial charge in [0.2, 0.25) is 11.7 Å². The maximum Gasteiger partial charge on any atom is 0.230 e. The third kappa shape index (κ3) is 2.88. The SMILES string of the molecule is c1ccc(COc2ccc(-c3noc(C4CC45CCNC5)n3)cc2)cc1. The Balaban J connectivity index is 1.25. The molecule has 26 heavy (non-hydrogen) atoms. The highest BCUT2D eigenvalue weighted by atomic mass is 16.5. The highest BCUT2D eigenvalue weighted by Gasteiger charge is 2.58. The summed E-state index contributed by atoms with van der Waals surface area (Å²) in [5.74, 6) is 2.70. The first-order valence-electron chi connectivity index (χ1n) is 9.14. The van der Waals surface area contributed by atoms with Gasteiger partial charge in [-0.25, -0.2) is 0 Å². The van der Waals surface area contributed by atoms with Gasteiger partial charge in [0.05, 0.1) is 0 Å². The van der Waals surface area contributed by atoms with E-state index in [4.69, 9.17) is 9.26 Å². The third-order valence-electron chi connectivity index (χ3n) is 5.57. The molecule has 5 heteroatoms. The second-order valence-corrected chi connectivity index (χ2v) is 7.30. The Morgan fingerprint density at radius 3 is 2.73 bits per heavy atom. The Labute approximate surface area is 152 Å². The van der Waals surface area contributed by atoms with Crippen LogP contribution in [-0.2, 0) is 6.61 Å². The van der Waals surface area contributed by atoms with Gasteiger partial charge in [0.1, 0.15) is 12.4 Å². The van der Waals surface area contributed by atoms with E-state index in [0.717, 1.165) is 42.3 Å². The summed E-state index contributed by atoms with van der Waals surface area (Å²) in [5, 5.41) is 7.62. The molecule has 0 amide bonds. The fraction of sp³-hybridized carbons (Fsp3) is 0.333. The van der Waals surface area contributed by atoms with E-state index in [1.54, 1.807) is 0 Å². The Morgan fingerprint density at radius 2 is 1.96 bits per heavy atom. The average Bonchev–Trinajstić information content (AvgIpc) is 3.04. The Morgan fingerprint density at radius 1 is 1.12 bits per heavy atom. The van der Waals surface area contributed by atoms with Crippen LogP contribution in [-0.4, -0.2) is 23.2 Å². The lowest BCUT2D eigenvalue weighted by Crippen LogP contribution is -2.10. The minimum Gasteiger partial charge on any atom is -0.489 e. The van der Waals surface area contributed by atoms with Crippen LogP contribution in [0.1, 0.15) is 30.2 Å². The molecule has 2 atom stereocenters. The van der Waals surface area contributed by atoms with Crippen LogP contribution in [0, 0.1) is 5.41 Å². The average molecular weight is 347 g/mol. The quantitative estimate of drug-likeness (QED) is 0.761. The molecule has 1 aliphatic carbocycles. The first kappa shape index (κ1) is 15.6. The Kier molecular flexibility index (Phi) is 3.75. The molecule has 1 spiro atoms. The smallest absolute Gasteiger partial charge is 0.230 e. The number of rotatable bonds is 5. The van der Waals surface area contributed by atoms with Gasteiger partial charge < -0.3 is 14.6 Å². The number of nitrogens with one attached hydrogen (secondary N) is 1. The van der Waals surface area contributed by atoms with Gasteiger partial charge in [-0.1, -0.05) is 35.5 Å². The molecule has 1 saturated heterocycles. The lowest BCUT2D eigenvalue weighted by atomic mass is 10.0. The fourth-order valence-corrected chi connectivity index (χ4v) is 3.87. The summed E-state index contributed by atoms with van der Waals surface area (Å²) in [5.41, 5.74) is 2.48. The molecule has 2 aromatic carbocycles. The van der Waals surface area contributed by atoms with E-state index >= 15 is 0 Å². The molecule has 2 heterocycles. The van der Waals surface area contributed by atoms with Crippen molar-refractivity contribution in [2.75, 3.05) is 13.1 Å². The van der Waals surface area contributed by atoms with Crippen LogP contribution in [0.5, 0.6) is 5.75 Å². The molecule has 1 N–H and O–H groups in total. The van der Waals surface area contributed by atoms with Gasteiger partial charge in [-0.05, 0) is 54.6 Å². The van der Waals surface area contributed by atoms with Crippen LogP contribution < -0.4 is 10.1 Å². The van der Waals surface area contributed by atoms with Crippen molar-refractivity contribution in [3.63, 3.8) is 0 Å². The summed E-state index contributed by atoms with van der Waals surface area (Å²) in [7, 11) is 0. The molecule has 5 rings (SSSR count). The van der Waals surface area contributed by atoms with Gasteiger partial charge >= 0.3 is 0 Å². The highest BCUT2D eigenvalue weighted by Crippen LogP contribution is 2.62. The minimum atomic E-state index is 0.374. The van der Waals surface area contributed by atoms with Crippen LogP contribution in [0.15, 0.2) is 59.1 Å². The number of aromatic nitrogens is 2. The van der Waals surface area contributed by atoms with E-state index in [1.807, 2.05) is 42.5 Å². The zero-order valence-electron chi connectivity index (χ0n) is 14.5. The predicted molar refractivity (Wildman–Crippen MR) is 97.8 cm³/mol. The van der Waals surface area contributed by atoms with Gasteiger partial charge in [-0.2, -0.15) is 4.98 Å². The van der Waals surface area contributed by atoms with Crippen molar-refractivity contribution in [3.05, 3.63) is 66.1 Å². The summed E-state index contributed by atoms with van der Waals surface area (Å²) in [4.78, 5) is 4.64. The fourth-order valence-electron chi connectivity index (χ4n) is 3.87. The van der Waals surface area contributed by atoms with Crippen LogP contribution in [0.4, 0.5) is 0 Å². The van der Waals surface area contributed by atoms with Gasteiger partial charge in [0, 0.05) is 18.0 Å². The van der Waals surface area contributed by atoms with E-state index < -0.39 is 0 Å². The summed E-state index contributed by atoms with van der Waals surface area (Å²) in [6.07, 6.45) is 2.37. The zero-order valence-corrected chi connectivity index (χ0v) is 14.5. The zero-order chi connectivity index (χ0) is 17.4. The minimum absolute atomic E-state index is 0.374. The molecule has 1 saturated carbocycles. The van der Waals surface area contributed by atoms with Crippen molar-refractivity contribution >= 4 is 0 Å². The molecule has 1 aliphatic heterocycles.